The van der Waals surface area contributed by atoms with Crippen molar-refractivity contribution in [1.29, 1.82) is 0 Å². The Morgan fingerprint density at radius 3 is 2.64 bits per heavy atom. The maximum absolute atomic E-state index is 5.88. The minimum Gasteiger partial charge on any atom is -0.490 e. The molecule has 0 aliphatic carbocycles. The van der Waals surface area contributed by atoms with E-state index in [9.17, 15) is 0 Å². The number of hydrogen-bond acceptors (Lipinski definition) is 3. The maximum atomic E-state index is 5.88. The van der Waals surface area contributed by atoms with Crippen LogP contribution in [-0.4, -0.2) is 24.3 Å². The summed E-state index contributed by atoms with van der Waals surface area (Å²) in [5, 5.41) is 2.35. The first-order chi connectivity index (χ1) is 16.2. The smallest absolute Gasteiger partial charge is 0.119 e. The largest absolute Gasteiger partial charge is 0.490 e. The minimum absolute atomic E-state index is 0.354. The van der Waals surface area contributed by atoms with Gasteiger partial charge in [-0.15, -0.1) is 0 Å². The molecule has 1 heterocycles. The Labute approximate surface area is 199 Å². The lowest BCUT2D eigenvalue weighted by molar-refractivity contribution is 0.0566. The van der Waals surface area contributed by atoms with Crippen LogP contribution in [0.5, 0.6) is 5.75 Å². The summed E-state index contributed by atoms with van der Waals surface area (Å²) in [5.41, 5.74) is 3.26. The average molecular weight is 444 g/mol. The fourth-order valence-corrected chi connectivity index (χ4v) is 3.76. The van der Waals surface area contributed by atoms with Gasteiger partial charge in [0, 0.05) is 23.8 Å². The van der Waals surface area contributed by atoms with E-state index < -0.39 is 0 Å². The van der Waals surface area contributed by atoms with Crippen molar-refractivity contribution in [3.05, 3.63) is 79.0 Å². The molecule has 2 aromatic carbocycles. The SMILES string of the molecule is C=CCOc1ccc(-c2cc3ccc(/C=C/CCCC(C)OCCCCC)cc3cn2)cc1. The van der Waals surface area contributed by atoms with Crippen LogP contribution in [-0.2, 0) is 4.74 Å². The van der Waals surface area contributed by atoms with Crippen LogP contribution >= 0.6 is 0 Å². The van der Waals surface area contributed by atoms with Gasteiger partial charge >= 0.3 is 0 Å². The highest BCUT2D eigenvalue weighted by atomic mass is 16.5. The van der Waals surface area contributed by atoms with Crippen LogP contribution in [0.25, 0.3) is 28.1 Å². The molecule has 0 amide bonds. The molecule has 0 aliphatic rings. The molecule has 0 N–H and O–H groups in total. The first kappa shape index (κ1) is 24.7. The van der Waals surface area contributed by atoms with E-state index in [4.69, 9.17) is 9.47 Å². The molecule has 0 fully saturated rings. The Morgan fingerprint density at radius 1 is 1.00 bits per heavy atom. The van der Waals surface area contributed by atoms with Crippen molar-refractivity contribution >= 4 is 16.8 Å². The van der Waals surface area contributed by atoms with Gasteiger partial charge < -0.3 is 9.47 Å². The summed E-state index contributed by atoms with van der Waals surface area (Å²) in [7, 11) is 0. The summed E-state index contributed by atoms with van der Waals surface area (Å²) in [6, 6.07) is 16.7. The van der Waals surface area contributed by atoms with Gasteiger partial charge in [0.05, 0.1) is 11.8 Å². The molecule has 0 bridgehead atoms. The van der Waals surface area contributed by atoms with Crippen molar-refractivity contribution in [3.63, 3.8) is 0 Å². The zero-order valence-electron chi connectivity index (χ0n) is 20.1. The second-order valence-electron chi connectivity index (χ2n) is 8.52. The van der Waals surface area contributed by atoms with E-state index in [1.54, 1.807) is 6.08 Å². The lowest BCUT2D eigenvalue weighted by atomic mass is 10.0. The third-order valence-electron chi connectivity index (χ3n) is 5.71. The fourth-order valence-electron chi connectivity index (χ4n) is 3.76. The van der Waals surface area contributed by atoms with E-state index in [1.165, 1.54) is 30.2 Å². The molecular weight excluding hydrogens is 406 g/mol. The summed E-state index contributed by atoms with van der Waals surface area (Å²) in [4.78, 5) is 4.68. The summed E-state index contributed by atoms with van der Waals surface area (Å²) in [6.45, 7) is 9.49. The van der Waals surface area contributed by atoms with Crippen LogP contribution < -0.4 is 4.74 Å². The van der Waals surface area contributed by atoms with Crippen LogP contribution in [0.15, 0.2) is 73.5 Å². The van der Waals surface area contributed by atoms with Gasteiger partial charge in [-0.2, -0.15) is 0 Å². The monoisotopic (exact) mass is 443 g/mol. The van der Waals surface area contributed by atoms with Crippen LogP contribution in [0, 0.1) is 0 Å². The van der Waals surface area contributed by atoms with Crippen LogP contribution in [0.4, 0.5) is 0 Å². The normalized spacial score (nSPS) is 12.3. The summed E-state index contributed by atoms with van der Waals surface area (Å²) >= 11 is 0. The molecule has 174 valence electrons. The molecule has 1 aromatic heterocycles. The van der Waals surface area contributed by atoms with E-state index in [2.05, 4.69) is 61.8 Å². The topological polar surface area (TPSA) is 31.4 Å². The molecule has 3 aromatic rings. The van der Waals surface area contributed by atoms with E-state index >= 15 is 0 Å². The van der Waals surface area contributed by atoms with Gasteiger partial charge in [0.25, 0.3) is 0 Å². The van der Waals surface area contributed by atoms with E-state index in [-0.39, 0.29) is 0 Å². The molecule has 0 aliphatic heterocycles. The van der Waals surface area contributed by atoms with Crippen LogP contribution in [0.1, 0.15) is 57.9 Å². The van der Waals surface area contributed by atoms with Crippen molar-refractivity contribution in [2.45, 2.75) is 58.5 Å². The second-order valence-corrected chi connectivity index (χ2v) is 8.52. The van der Waals surface area contributed by atoms with Gasteiger partial charge in [-0.1, -0.05) is 56.7 Å². The Kier molecular flexibility index (Phi) is 10.2. The third-order valence-corrected chi connectivity index (χ3v) is 5.71. The number of allylic oxidation sites excluding steroid dienone is 1. The first-order valence-corrected chi connectivity index (χ1v) is 12.2. The number of pyridine rings is 1. The molecule has 0 saturated carbocycles. The quantitative estimate of drug-likeness (QED) is 0.186. The van der Waals surface area contributed by atoms with Gasteiger partial charge in [0.2, 0.25) is 0 Å². The predicted octanol–water partition coefficient (Wildman–Crippen LogP) is 8.25. The van der Waals surface area contributed by atoms with E-state index in [0.29, 0.717) is 12.7 Å². The van der Waals surface area contributed by atoms with E-state index in [1.807, 2.05) is 30.5 Å². The van der Waals surface area contributed by atoms with E-state index in [0.717, 1.165) is 48.3 Å². The minimum atomic E-state index is 0.354. The molecule has 33 heavy (non-hydrogen) atoms. The standard InChI is InChI=1S/C30H37NO2/c1-4-6-10-20-32-24(3)11-8-7-9-12-25-13-14-27-22-30(31-23-28(27)21-25)26-15-17-29(18-16-26)33-19-5-2/h5,9,12-18,21-24H,2,4,6-8,10-11,19-20H2,1,3H3/b12-9+. The van der Waals surface area contributed by atoms with Gasteiger partial charge in [0.1, 0.15) is 12.4 Å². The molecular formula is C30H37NO2. The molecule has 3 rings (SSSR count). The highest BCUT2D eigenvalue weighted by Gasteiger charge is 2.04. The molecule has 3 heteroatoms. The number of nitrogens with zero attached hydrogens (tertiary/aromatic N) is 1. The van der Waals surface area contributed by atoms with Crippen molar-refractivity contribution < 1.29 is 9.47 Å². The molecule has 0 radical (unpaired) electrons. The highest BCUT2D eigenvalue weighted by Crippen LogP contribution is 2.25. The lowest BCUT2D eigenvalue weighted by Crippen LogP contribution is -2.08. The first-order valence-electron chi connectivity index (χ1n) is 12.2. The van der Waals surface area contributed by atoms with Crippen molar-refractivity contribution in [1.82, 2.24) is 4.98 Å². The molecule has 0 saturated heterocycles. The molecule has 0 spiro atoms. The zero-order chi connectivity index (χ0) is 23.3. The number of fused-ring (bicyclic) bond motifs is 1. The summed E-state index contributed by atoms with van der Waals surface area (Å²) in [6.07, 6.45) is 15.6. The number of unbranched alkanes of at least 4 members (excludes halogenated alkanes) is 3. The predicted molar refractivity (Wildman–Crippen MR) is 141 cm³/mol. The van der Waals surface area contributed by atoms with Crippen LogP contribution in [0.3, 0.4) is 0 Å². The Bertz CT molecular complexity index is 1020. The third kappa shape index (κ3) is 8.18. The Morgan fingerprint density at radius 2 is 1.85 bits per heavy atom. The van der Waals surface area contributed by atoms with Gasteiger partial charge in [-0.3, -0.25) is 4.98 Å². The molecule has 1 atom stereocenters. The summed E-state index contributed by atoms with van der Waals surface area (Å²) in [5.74, 6) is 0.838. The average Bonchev–Trinajstić information content (AvgIpc) is 2.85. The highest BCUT2D eigenvalue weighted by molar-refractivity contribution is 5.87. The van der Waals surface area contributed by atoms with Gasteiger partial charge in [-0.25, -0.2) is 0 Å². The Hall–Kier alpha value is -2.91. The fraction of sp³-hybridized carbons (Fsp3) is 0.367. The zero-order valence-corrected chi connectivity index (χ0v) is 20.1. The lowest BCUT2D eigenvalue weighted by Gasteiger charge is -2.12. The number of rotatable bonds is 14. The number of ether oxygens (including phenoxy) is 2. The van der Waals surface area contributed by atoms with Gasteiger partial charge in [-0.05, 0) is 80.0 Å². The Balaban J connectivity index is 1.51. The second kappa shape index (κ2) is 13.6. The van der Waals surface area contributed by atoms with Crippen molar-refractivity contribution in [2.24, 2.45) is 0 Å². The van der Waals surface area contributed by atoms with Crippen molar-refractivity contribution in [2.75, 3.05) is 13.2 Å². The van der Waals surface area contributed by atoms with Crippen LogP contribution in [0.2, 0.25) is 0 Å². The van der Waals surface area contributed by atoms with Gasteiger partial charge in [0.15, 0.2) is 0 Å². The number of benzene rings is 2. The molecule has 1 unspecified atom stereocenters. The molecule has 3 nitrogen and oxygen atoms in total. The number of hydrogen-bond donors (Lipinski definition) is 0. The summed E-state index contributed by atoms with van der Waals surface area (Å²) < 4.78 is 11.4. The van der Waals surface area contributed by atoms with Crippen molar-refractivity contribution in [3.8, 4) is 17.0 Å². The number of aromatic nitrogens is 1. The maximum Gasteiger partial charge on any atom is 0.119 e.